The largest absolute Gasteiger partial charge is 0.256 e. The molecule has 6 aromatic heterocycles. The van der Waals surface area contributed by atoms with Crippen LogP contribution in [0, 0.1) is 0 Å². The smallest absolute Gasteiger partial charge is 0.164 e. The molecular formula is C96H66N10. The molecule has 10 nitrogen and oxygen atoms in total. The van der Waals surface area contributed by atoms with Gasteiger partial charge in [0.05, 0.1) is 22.1 Å². The van der Waals surface area contributed by atoms with Crippen molar-refractivity contribution < 1.29 is 0 Å². The Morgan fingerprint density at radius 3 is 0.868 bits per heavy atom. The monoisotopic (exact) mass is 1360 g/mol. The molecule has 0 atom stereocenters. The zero-order valence-corrected chi connectivity index (χ0v) is 58.6. The lowest BCUT2D eigenvalue weighted by Crippen LogP contribution is -2.16. The van der Waals surface area contributed by atoms with Crippen LogP contribution in [0.2, 0.25) is 0 Å². The van der Waals surface area contributed by atoms with Gasteiger partial charge in [0.2, 0.25) is 0 Å². The van der Waals surface area contributed by atoms with Gasteiger partial charge in [0.15, 0.2) is 34.9 Å². The molecule has 0 saturated carbocycles. The summed E-state index contributed by atoms with van der Waals surface area (Å²) < 4.78 is 0. The van der Waals surface area contributed by atoms with E-state index in [-0.39, 0.29) is 10.8 Å². The van der Waals surface area contributed by atoms with Crippen molar-refractivity contribution in [2.75, 3.05) is 0 Å². The van der Waals surface area contributed by atoms with E-state index in [0.29, 0.717) is 34.9 Å². The van der Waals surface area contributed by atoms with Crippen molar-refractivity contribution in [1.29, 1.82) is 0 Å². The molecular weight excluding hydrogens is 1290 g/mol. The maximum absolute atomic E-state index is 5.02. The number of fused-ring (bicyclic) bond motifs is 10. The fourth-order valence-electron chi connectivity index (χ4n) is 15.7. The van der Waals surface area contributed by atoms with Gasteiger partial charge in [-0.25, -0.2) is 29.9 Å². The van der Waals surface area contributed by atoms with Gasteiger partial charge >= 0.3 is 0 Å². The molecule has 20 rings (SSSR count). The number of pyridine rings is 4. The third kappa shape index (κ3) is 11.4. The Balaban J connectivity index is 0.000000145. The molecule has 0 spiro atoms. The van der Waals surface area contributed by atoms with Gasteiger partial charge in [0.25, 0.3) is 0 Å². The van der Waals surface area contributed by atoms with Crippen LogP contribution in [-0.2, 0) is 10.8 Å². The summed E-state index contributed by atoms with van der Waals surface area (Å²) in [5.41, 5.74) is 29.6. The summed E-state index contributed by atoms with van der Waals surface area (Å²) in [5, 5.41) is 4.13. The van der Waals surface area contributed by atoms with Gasteiger partial charge in [-0.3, -0.25) is 19.9 Å². The highest BCUT2D eigenvalue weighted by Gasteiger charge is 2.38. The van der Waals surface area contributed by atoms with Gasteiger partial charge in [-0.1, -0.05) is 228 Å². The van der Waals surface area contributed by atoms with Gasteiger partial charge < -0.3 is 0 Å². The standard InChI is InChI=1S/2C48H33N5/c1-48(2)41-13-4-3-10-39(41)40-12-5-11-38(44(40)48)32-18-14-30(15-19-32)31-16-20-33(21-17-31)45-51-46(36-22-24-42-34(28-36)8-6-26-49-42)53-47(52-45)37-23-25-43-35(29-37)9-7-27-50-43;1-48(2)41-10-4-3-9-39(41)40-29-34(19-22-42(40)48)32-13-11-30(12-14-32)31-15-17-33(18-16-31)45-51-46(37-20-23-43-35(27-37)7-5-25-49-43)53-47(52-45)38-21-24-44-36(28-38)8-6-26-50-44/h2*3-29H,1-2H3. The second-order valence-electron chi connectivity index (χ2n) is 28.4. The summed E-state index contributed by atoms with van der Waals surface area (Å²) in [6.45, 7) is 9.32. The Hall–Kier alpha value is -13.7. The van der Waals surface area contributed by atoms with Crippen molar-refractivity contribution in [3.63, 3.8) is 0 Å². The van der Waals surface area contributed by atoms with Crippen LogP contribution in [-0.4, -0.2) is 49.8 Å². The maximum Gasteiger partial charge on any atom is 0.164 e. The topological polar surface area (TPSA) is 129 Å². The van der Waals surface area contributed by atoms with Gasteiger partial charge in [0, 0.05) is 90.5 Å². The van der Waals surface area contributed by atoms with Gasteiger partial charge in [-0.15, -0.1) is 0 Å². The number of nitrogens with zero attached hydrogens (tertiary/aromatic N) is 10. The molecule has 2 aliphatic rings. The molecule has 0 fully saturated rings. The van der Waals surface area contributed by atoms with Gasteiger partial charge in [-0.2, -0.15) is 0 Å². The first-order valence-corrected chi connectivity index (χ1v) is 35.8. The van der Waals surface area contributed by atoms with E-state index in [0.717, 1.165) is 99.2 Å². The summed E-state index contributed by atoms with van der Waals surface area (Å²) in [4.78, 5) is 48.0. The first-order valence-electron chi connectivity index (χ1n) is 35.8. The third-order valence-corrected chi connectivity index (χ3v) is 21.2. The first kappa shape index (κ1) is 63.2. The maximum atomic E-state index is 5.02. The minimum absolute atomic E-state index is 0.00716. The Morgan fingerprint density at radius 2 is 0.472 bits per heavy atom. The van der Waals surface area contributed by atoms with Crippen molar-refractivity contribution in [2.24, 2.45) is 0 Å². The lowest BCUT2D eigenvalue weighted by Gasteiger charge is -2.24. The van der Waals surface area contributed by atoms with Crippen LogP contribution >= 0.6 is 0 Å². The van der Waals surface area contributed by atoms with Crippen LogP contribution < -0.4 is 0 Å². The minimum Gasteiger partial charge on any atom is -0.256 e. The molecule has 0 N–H and O–H groups in total. The molecule has 0 amide bonds. The Morgan fingerprint density at radius 1 is 0.189 bits per heavy atom. The lowest BCUT2D eigenvalue weighted by molar-refractivity contribution is 0.660. The number of rotatable bonds is 10. The molecule has 500 valence electrons. The van der Waals surface area contributed by atoms with Crippen LogP contribution in [0.1, 0.15) is 49.9 Å². The molecule has 10 heteroatoms. The van der Waals surface area contributed by atoms with Crippen LogP contribution in [0.3, 0.4) is 0 Å². The summed E-state index contributed by atoms with van der Waals surface area (Å²) >= 11 is 0. The summed E-state index contributed by atoms with van der Waals surface area (Å²) in [6, 6.07) is 107. The average molecular weight is 1360 g/mol. The molecule has 6 heterocycles. The fourth-order valence-corrected chi connectivity index (χ4v) is 15.7. The highest BCUT2D eigenvalue weighted by Crippen LogP contribution is 2.53. The Labute approximate surface area is 613 Å². The van der Waals surface area contributed by atoms with Crippen molar-refractivity contribution >= 4 is 43.6 Å². The van der Waals surface area contributed by atoms with Crippen LogP contribution in [0.15, 0.2) is 328 Å². The zero-order chi connectivity index (χ0) is 71.0. The lowest BCUT2D eigenvalue weighted by atomic mass is 9.79. The molecule has 12 aromatic carbocycles. The molecule has 0 radical (unpaired) electrons. The highest BCUT2D eigenvalue weighted by atomic mass is 15.0. The van der Waals surface area contributed by atoms with E-state index in [1.807, 2.05) is 97.6 Å². The number of hydrogen-bond acceptors (Lipinski definition) is 10. The van der Waals surface area contributed by atoms with Crippen LogP contribution in [0.25, 0.3) is 179 Å². The van der Waals surface area contributed by atoms with E-state index >= 15 is 0 Å². The third-order valence-electron chi connectivity index (χ3n) is 21.2. The summed E-state index contributed by atoms with van der Waals surface area (Å²) in [5.74, 6) is 3.68. The second-order valence-corrected chi connectivity index (χ2v) is 28.4. The molecule has 0 unspecified atom stereocenters. The average Bonchev–Trinajstić information content (AvgIpc) is 1.52. The SMILES string of the molecule is CC1(C)c2ccccc2-c2cc(-c3ccc(-c4ccc(-c5nc(-c6ccc7ncccc7c6)nc(-c6ccc7ncccc7c6)n5)cc4)cc3)ccc21.CC1(C)c2ccccc2-c2cccc(-c3ccc(-c4ccc(-c5nc(-c6ccc7ncccc7c6)nc(-c6ccc7ncccc7c6)n5)cc4)cc3)c21. The van der Waals surface area contributed by atoms with E-state index in [4.69, 9.17) is 29.9 Å². The molecule has 106 heavy (non-hydrogen) atoms. The quantitative estimate of drug-likeness (QED) is 0.130. The highest BCUT2D eigenvalue weighted by molar-refractivity contribution is 5.92. The number of aromatic nitrogens is 10. The molecule has 18 aromatic rings. The van der Waals surface area contributed by atoms with E-state index < -0.39 is 0 Å². The second kappa shape index (κ2) is 25.7. The predicted octanol–water partition coefficient (Wildman–Crippen LogP) is 23.2. The minimum atomic E-state index is -0.0667. The van der Waals surface area contributed by atoms with Crippen molar-refractivity contribution in [3.8, 4) is 135 Å². The molecule has 0 bridgehead atoms. The first-order chi connectivity index (χ1) is 52.0. The summed E-state index contributed by atoms with van der Waals surface area (Å²) in [7, 11) is 0. The number of hydrogen-bond donors (Lipinski definition) is 0. The molecule has 0 saturated heterocycles. The van der Waals surface area contributed by atoms with Gasteiger partial charge in [-0.05, 0) is 192 Å². The molecule has 0 aliphatic heterocycles. The van der Waals surface area contributed by atoms with Crippen LogP contribution in [0.5, 0.6) is 0 Å². The van der Waals surface area contributed by atoms with E-state index in [1.54, 1.807) is 0 Å². The zero-order valence-electron chi connectivity index (χ0n) is 58.6. The van der Waals surface area contributed by atoms with Crippen molar-refractivity contribution in [2.45, 2.75) is 38.5 Å². The molecule has 2 aliphatic carbocycles. The van der Waals surface area contributed by atoms with Gasteiger partial charge in [0.1, 0.15) is 0 Å². The van der Waals surface area contributed by atoms with Crippen molar-refractivity contribution in [1.82, 2.24) is 49.8 Å². The van der Waals surface area contributed by atoms with Crippen molar-refractivity contribution in [3.05, 3.63) is 350 Å². The normalized spacial score (nSPS) is 12.9. The Bertz CT molecular complexity index is 6300. The van der Waals surface area contributed by atoms with E-state index in [2.05, 4.69) is 278 Å². The number of benzene rings is 12. The summed E-state index contributed by atoms with van der Waals surface area (Å²) in [6.07, 6.45) is 7.23. The fraction of sp³-hybridized carbons (Fsp3) is 0.0625. The van der Waals surface area contributed by atoms with E-state index in [1.165, 1.54) is 66.8 Å². The predicted molar refractivity (Wildman–Crippen MR) is 430 cm³/mol. The Kier molecular flexibility index (Phi) is 15.3. The van der Waals surface area contributed by atoms with E-state index in [9.17, 15) is 0 Å². The van der Waals surface area contributed by atoms with Crippen LogP contribution in [0.4, 0.5) is 0 Å².